The van der Waals surface area contributed by atoms with E-state index in [-0.39, 0.29) is 12.5 Å². The average molecular weight is 505 g/mol. The van der Waals surface area contributed by atoms with Gasteiger partial charge in [-0.25, -0.2) is 5.43 Å². The maximum atomic E-state index is 12.3. The Kier molecular flexibility index (Phi) is 9.20. The first-order valence-electron chi connectivity index (χ1n) is 11.3. The van der Waals surface area contributed by atoms with Crippen molar-refractivity contribution in [2.45, 2.75) is 13.8 Å². The highest BCUT2D eigenvalue weighted by Crippen LogP contribution is 2.27. The Balaban J connectivity index is 1.54. The molecule has 0 aliphatic carbocycles. The lowest BCUT2D eigenvalue weighted by Gasteiger charge is -2.12. The van der Waals surface area contributed by atoms with Crippen LogP contribution in [0.15, 0.2) is 65.8 Å². The molecule has 37 heavy (non-hydrogen) atoms. The summed E-state index contributed by atoms with van der Waals surface area (Å²) in [6.45, 7) is 3.53. The number of hydrazone groups is 1. The predicted octanol–water partition coefficient (Wildman–Crippen LogP) is 3.43. The maximum Gasteiger partial charge on any atom is 0.329 e. The zero-order chi connectivity index (χ0) is 26.8. The van der Waals surface area contributed by atoms with Gasteiger partial charge in [0.25, 0.3) is 5.91 Å². The van der Waals surface area contributed by atoms with E-state index in [1.54, 1.807) is 61.7 Å². The van der Waals surface area contributed by atoms with E-state index in [9.17, 15) is 14.4 Å². The van der Waals surface area contributed by atoms with E-state index in [2.05, 4.69) is 21.2 Å². The lowest BCUT2D eigenvalue weighted by Crippen LogP contribution is -2.32. The molecule has 0 bridgehead atoms. The van der Waals surface area contributed by atoms with Crippen molar-refractivity contribution in [2.75, 3.05) is 31.5 Å². The molecule has 3 amide bonds. The molecule has 0 aliphatic heterocycles. The van der Waals surface area contributed by atoms with Crippen LogP contribution in [0.25, 0.3) is 0 Å². The fraction of sp³-hybridized carbons (Fsp3) is 0.185. The molecule has 10 nitrogen and oxygen atoms in total. The van der Waals surface area contributed by atoms with Crippen molar-refractivity contribution in [1.82, 2.24) is 5.43 Å². The maximum absolute atomic E-state index is 12.3. The van der Waals surface area contributed by atoms with E-state index in [0.717, 1.165) is 11.1 Å². The van der Waals surface area contributed by atoms with Gasteiger partial charge >= 0.3 is 11.8 Å². The molecule has 0 atom stereocenters. The van der Waals surface area contributed by atoms with Crippen LogP contribution < -0.4 is 30.3 Å². The minimum Gasteiger partial charge on any atom is -0.497 e. The third kappa shape index (κ3) is 7.56. The number of hydrogen-bond donors (Lipinski definition) is 3. The number of methoxy groups -OCH3 is 2. The lowest BCUT2D eigenvalue weighted by atomic mass is 10.1. The smallest absolute Gasteiger partial charge is 0.329 e. The fourth-order valence-electron chi connectivity index (χ4n) is 3.21. The molecule has 3 aromatic rings. The van der Waals surface area contributed by atoms with Crippen molar-refractivity contribution in [3.63, 3.8) is 0 Å². The van der Waals surface area contributed by atoms with E-state index in [1.165, 1.54) is 13.3 Å². The van der Waals surface area contributed by atoms with Crippen LogP contribution >= 0.6 is 0 Å². The lowest BCUT2D eigenvalue weighted by molar-refractivity contribution is -0.136. The third-order valence-electron chi connectivity index (χ3n) is 5.34. The van der Waals surface area contributed by atoms with Crippen LogP contribution in [0.2, 0.25) is 0 Å². The van der Waals surface area contributed by atoms with Gasteiger partial charge in [-0.05, 0) is 66.9 Å². The quantitative estimate of drug-likeness (QED) is 0.233. The van der Waals surface area contributed by atoms with E-state index in [4.69, 9.17) is 14.2 Å². The Labute approximate surface area is 214 Å². The van der Waals surface area contributed by atoms with Crippen molar-refractivity contribution < 1.29 is 28.6 Å². The number of nitrogens with one attached hydrogen (secondary N) is 3. The highest BCUT2D eigenvalue weighted by Gasteiger charge is 2.14. The molecule has 3 rings (SSSR count). The van der Waals surface area contributed by atoms with E-state index >= 15 is 0 Å². The Morgan fingerprint density at radius 1 is 0.865 bits per heavy atom. The fourth-order valence-corrected chi connectivity index (χ4v) is 3.21. The third-order valence-corrected chi connectivity index (χ3v) is 5.34. The molecule has 0 saturated carbocycles. The summed E-state index contributed by atoms with van der Waals surface area (Å²) in [6, 6.07) is 17.3. The van der Waals surface area contributed by atoms with Gasteiger partial charge in [-0.15, -0.1) is 0 Å². The number of carbonyl (C=O) groups excluding carboxylic acids is 3. The largest absolute Gasteiger partial charge is 0.497 e. The summed E-state index contributed by atoms with van der Waals surface area (Å²) in [6.07, 6.45) is 1.35. The predicted molar refractivity (Wildman–Crippen MR) is 140 cm³/mol. The first-order chi connectivity index (χ1) is 17.8. The standard InChI is InChI=1S/C27H28N4O6/c1-17-7-5-10-22(18(17)2)30-26(33)27(34)31-28-15-19-11-12-23(24(13-19)36-4)37-16-25(32)29-20-8-6-9-21(14-20)35-3/h5-15H,16H2,1-4H3,(H,29,32)(H,30,33)(H,31,34)/b28-15-. The van der Waals surface area contributed by atoms with E-state index < -0.39 is 11.8 Å². The van der Waals surface area contributed by atoms with Gasteiger partial charge in [-0.3, -0.25) is 14.4 Å². The molecule has 0 unspecified atom stereocenters. The molecule has 10 heteroatoms. The van der Waals surface area contributed by atoms with Gasteiger partial charge in [-0.2, -0.15) is 5.10 Å². The van der Waals surface area contributed by atoms with Crippen LogP contribution in [0, 0.1) is 13.8 Å². The zero-order valence-electron chi connectivity index (χ0n) is 21.0. The van der Waals surface area contributed by atoms with Gasteiger partial charge < -0.3 is 24.8 Å². The molecule has 0 fully saturated rings. The molecular formula is C27H28N4O6. The van der Waals surface area contributed by atoms with Crippen molar-refractivity contribution in [3.8, 4) is 17.2 Å². The van der Waals surface area contributed by atoms with Gasteiger partial charge in [0.2, 0.25) is 0 Å². The normalized spacial score (nSPS) is 10.5. The Morgan fingerprint density at radius 2 is 1.65 bits per heavy atom. The van der Waals surface area contributed by atoms with Crippen molar-refractivity contribution in [2.24, 2.45) is 5.10 Å². The summed E-state index contributed by atoms with van der Waals surface area (Å²) in [5.74, 6) is -0.779. The van der Waals surface area contributed by atoms with Gasteiger partial charge in [0.1, 0.15) is 5.75 Å². The summed E-state index contributed by atoms with van der Waals surface area (Å²) < 4.78 is 16.1. The molecule has 0 aromatic heterocycles. The van der Waals surface area contributed by atoms with E-state index in [1.807, 2.05) is 19.9 Å². The van der Waals surface area contributed by atoms with Crippen molar-refractivity contribution in [3.05, 3.63) is 77.4 Å². The Hall–Kier alpha value is -4.86. The highest BCUT2D eigenvalue weighted by molar-refractivity contribution is 6.39. The highest BCUT2D eigenvalue weighted by atomic mass is 16.5. The molecule has 192 valence electrons. The number of carbonyl (C=O) groups is 3. The minimum absolute atomic E-state index is 0.243. The van der Waals surface area contributed by atoms with Crippen molar-refractivity contribution >= 4 is 35.3 Å². The second-order valence-electron chi connectivity index (χ2n) is 7.88. The zero-order valence-corrected chi connectivity index (χ0v) is 21.0. The molecular weight excluding hydrogens is 476 g/mol. The Morgan fingerprint density at radius 3 is 2.41 bits per heavy atom. The molecule has 0 spiro atoms. The van der Waals surface area contributed by atoms with Gasteiger partial charge in [-0.1, -0.05) is 18.2 Å². The van der Waals surface area contributed by atoms with Crippen LogP contribution in [0.1, 0.15) is 16.7 Å². The minimum atomic E-state index is -0.911. The van der Waals surface area contributed by atoms with Crippen LogP contribution in [0.4, 0.5) is 11.4 Å². The monoisotopic (exact) mass is 504 g/mol. The topological polar surface area (TPSA) is 127 Å². The van der Waals surface area contributed by atoms with E-state index in [0.29, 0.717) is 34.2 Å². The SMILES string of the molecule is COc1cccc(NC(=O)COc2ccc(/C=N\NC(=O)C(=O)Nc3cccc(C)c3C)cc2OC)c1. The first kappa shape index (κ1) is 26.7. The molecule has 0 aliphatic rings. The summed E-state index contributed by atoms with van der Waals surface area (Å²) in [7, 11) is 3.00. The number of aryl methyl sites for hydroxylation is 1. The van der Waals surface area contributed by atoms with Gasteiger partial charge in [0.05, 0.1) is 20.4 Å². The number of ether oxygens (including phenoxy) is 3. The number of nitrogens with zero attached hydrogens (tertiary/aromatic N) is 1. The summed E-state index contributed by atoms with van der Waals surface area (Å²) in [5.41, 5.74) is 5.77. The summed E-state index contributed by atoms with van der Waals surface area (Å²) in [4.78, 5) is 36.5. The Bertz CT molecular complexity index is 1320. The van der Waals surface area contributed by atoms with Crippen LogP contribution in [0.5, 0.6) is 17.2 Å². The molecule has 0 heterocycles. The van der Waals surface area contributed by atoms with Crippen LogP contribution in [0.3, 0.4) is 0 Å². The first-order valence-corrected chi connectivity index (χ1v) is 11.3. The van der Waals surface area contributed by atoms with Gasteiger partial charge in [0.15, 0.2) is 18.1 Å². The number of amides is 3. The molecule has 3 aromatic carbocycles. The number of rotatable bonds is 9. The molecule has 0 saturated heterocycles. The molecule has 3 N–H and O–H groups in total. The van der Waals surface area contributed by atoms with Gasteiger partial charge in [0, 0.05) is 17.4 Å². The molecule has 0 radical (unpaired) electrons. The van der Waals surface area contributed by atoms with Crippen LogP contribution in [-0.4, -0.2) is 44.8 Å². The second-order valence-corrected chi connectivity index (χ2v) is 7.88. The summed E-state index contributed by atoms with van der Waals surface area (Å²) in [5, 5.41) is 9.12. The van der Waals surface area contributed by atoms with Crippen LogP contribution in [-0.2, 0) is 14.4 Å². The number of benzene rings is 3. The average Bonchev–Trinajstić information content (AvgIpc) is 2.90. The summed E-state index contributed by atoms with van der Waals surface area (Å²) >= 11 is 0. The number of anilines is 2. The second kappa shape index (κ2) is 12.7. The number of hydrogen-bond acceptors (Lipinski definition) is 7. The van der Waals surface area contributed by atoms with Crippen molar-refractivity contribution in [1.29, 1.82) is 0 Å².